The summed E-state index contributed by atoms with van der Waals surface area (Å²) in [6.45, 7) is 0.299. The predicted molar refractivity (Wildman–Crippen MR) is 72.5 cm³/mol. The van der Waals surface area contributed by atoms with Crippen LogP contribution in [0.2, 0.25) is 5.02 Å². The molecule has 0 saturated carbocycles. The van der Waals surface area contributed by atoms with Gasteiger partial charge in [-0.2, -0.15) is 0 Å². The molecule has 5 nitrogen and oxygen atoms in total. The normalized spacial score (nSPS) is 36.3. The molecule has 2 bridgehead atoms. The number of hydrogen-bond donors (Lipinski definition) is 0. The van der Waals surface area contributed by atoms with Gasteiger partial charge in [-0.05, 0) is 18.2 Å². The highest BCUT2D eigenvalue weighted by Crippen LogP contribution is 2.52. The average molecular weight is 305 g/mol. The lowest BCUT2D eigenvalue weighted by atomic mass is 9.77. The summed E-state index contributed by atoms with van der Waals surface area (Å²) in [7, 11) is 0. The molecular weight excluding hydrogens is 294 g/mol. The van der Waals surface area contributed by atoms with Crippen LogP contribution in [0.4, 0.5) is 5.69 Å². The van der Waals surface area contributed by atoms with Gasteiger partial charge in [0.2, 0.25) is 5.91 Å². The lowest BCUT2D eigenvalue weighted by Gasteiger charge is -2.24. The molecule has 0 aliphatic carbocycles. The second kappa shape index (κ2) is 4.08. The van der Waals surface area contributed by atoms with Crippen molar-refractivity contribution in [2.45, 2.75) is 11.7 Å². The summed E-state index contributed by atoms with van der Waals surface area (Å²) >= 11 is 5.96. The van der Waals surface area contributed by atoms with E-state index in [0.717, 1.165) is 0 Å². The first kappa shape index (κ1) is 12.9. The van der Waals surface area contributed by atoms with Crippen LogP contribution >= 0.6 is 11.6 Å². The molecule has 21 heavy (non-hydrogen) atoms. The van der Waals surface area contributed by atoms with Crippen LogP contribution in [0.15, 0.2) is 36.4 Å². The summed E-state index contributed by atoms with van der Waals surface area (Å²) in [5.74, 6) is -3.14. The number of carbonyl (C=O) groups excluding carboxylic acids is 2. The zero-order chi connectivity index (χ0) is 14.8. The summed E-state index contributed by atoms with van der Waals surface area (Å²) < 4.78 is 5.78. The van der Waals surface area contributed by atoms with E-state index in [1.165, 1.54) is 0 Å². The first-order chi connectivity index (χ1) is 10.0. The molecule has 3 aliphatic heterocycles. The summed E-state index contributed by atoms with van der Waals surface area (Å²) in [5, 5.41) is 11.9. The zero-order valence-corrected chi connectivity index (χ0v) is 11.6. The van der Waals surface area contributed by atoms with Gasteiger partial charge in [-0.25, -0.2) is 0 Å². The minimum Gasteiger partial charge on any atom is -0.550 e. The van der Waals surface area contributed by atoms with Crippen molar-refractivity contribution >= 4 is 29.2 Å². The maximum absolute atomic E-state index is 12.7. The fourth-order valence-electron chi connectivity index (χ4n) is 3.63. The molecule has 1 amide bonds. The van der Waals surface area contributed by atoms with E-state index in [1.807, 2.05) is 6.08 Å². The van der Waals surface area contributed by atoms with Crippen LogP contribution in [-0.4, -0.2) is 30.1 Å². The third kappa shape index (κ3) is 1.61. The van der Waals surface area contributed by atoms with Gasteiger partial charge in [0.25, 0.3) is 0 Å². The Morgan fingerprint density at radius 3 is 3.00 bits per heavy atom. The van der Waals surface area contributed by atoms with Gasteiger partial charge in [-0.3, -0.25) is 4.79 Å². The van der Waals surface area contributed by atoms with E-state index in [0.29, 0.717) is 17.3 Å². The van der Waals surface area contributed by atoms with Gasteiger partial charge in [0.05, 0.1) is 18.6 Å². The van der Waals surface area contributed by atoms with Crippen molar-refractivity contribution in [1.82, 2.24) is 0 Å². The Kier molecular flexibility index (Phi) is 2.50. The van der Waals surface area contributed by atoms with E-state index in [9.17, 15) is 14.7 Å². The van der Waals surface area contributed by atoms with Crippen molar-refractivity contribution in [2.24, 2.45) is 11.8 Å². The van der Waals surface area contributed by atoms with Crippen molar-refractivity contribution in [3.8, 4) is 0 Å². The van der Waals surface area contributed by atoms with E-state index in [1.54, 1.807) is 35.2 Å². The van der Waals surface area contributed by atoms with Gasteiger partial charge in [-0.15, -0.1) is 0 Å². The molecule has 108 valence electrons. The molecule has 0 aromatic heterocycles. The minimum absolute atomic E-state index is 0.252. The third-order valence-electron chi connectivity index (χ3n) is 4.49. The number of ether oxygens (including phenoxy) is 1. The minimum atomic E-state index is -1.24. The maximum atomic E-state index is 12.7. The molecule has 0 unspecified atom stereocenters. The van der Waals surface area contributed by atoms with Crippen LogP contribution < -0.4 is 10.0 Å². The molecule has 1 aromatic rings. The fraction of sp³-hybridized carbons (Fsp3) is 0.333. The van der Waals surface area contributed by atoms with Crippen LogP contribution in [0.25, 0.3) is 0 Å². The molecule has 4 atom stereocenters. The molecule has 0 radical (unpaired) electrons. The molecule has 3 heterocycles. The highest BCUT2D eigenvalue weighted by molar-refractivity contribution is 6.31. The summed E-state index contributed by atoms with van der Waals surface area (Å²) in [5.41, 5.74) is -0.205. The number of rotatable bonds is 2. The maximum Gasteiger partial charge on any atom is 0.234 e. The van der Waals surface area contributed by atoms with E-state index in [2.05, 4.69) is 0 Å². The Bertz CT molecular complexity index is 688. The topological polar surface area (TPSA) is 69.7 Å². The van der Waals surface area contributed by atoms with Gasteiger partial charge in [0.1, 0.15) is 5.60 Å². The Hall–Kier alpha value is -1.85. The van der Waals surface area contributed by atoms with Crippen LogP contribution in [0.1, 0.15) is 0 Å². The number of carbonyl (C=O) groups is 2. The zero-order valence-electron chi connectivity index (χ0n) is 10.9. The van der Waals surface area contributed by atoms with Crippen LogP contribution in [-0.2, 0) is 14.3 Å². The Morgan fingerprint density at radius 2 is 2.29 bits per heavy atom. The number of hydrogen-bond acceptors (Lipinski definition) is 4. The smallest absolute Gasteiger partial charge is 0.234 e. The number of nitrogens with zero attached hydrogens (tertiary/aromatic N) is 1. The third-order valence-corrected chi connectivity index (χ3v) is 4.73. The number of aliphatic carboxylic acids is 1. The molecule has 3 aliphatic rings. The molecule has 6 heteroatoms. The van der Waals surface area contributed by atoms with Gasteiger partial charge in [-0.1, -0.05) is 29.8 Å². The predicted octanol–water partition coefficient (Wildman–Crippen LogP) is 0.376. The Morgan fingerprint density at radius 1 is 1.48 bits per heavy atom. The number of carboxylic acids is 1. The molecular formula is C15H11ClNO4-. The monoisotopic (exact) mass is 304 g/mol. The highest BCUT2D eigenvalue weighted by atomic mass is 35.5. The van der Waals surface area contributed by atoms with Gasteiger partial charge >= 0.3 is 0 Å². The molecule has 1 spiro atoms. The van der Waals surface area contributed by atoms with Gasteiger partial charge < -0.3 is 19.5 Å². The van der Waals surface area contributed by atoms with E-state index in [-0.39, 0.29) is 5.91 Å². The molecule has 2 fully saturated rings. The molecule has 2 saturated heterocycles. The Balaban J connectivity index is 1.75. The summed E-state index contributed by atoms with van der Waals surface area (Å²) in [6.07, 6.45) is 2.96. The number of fused-ring (bicyclic) bond motifs is 1. The van der Waals surface area contributed by atoms with Crippen molar-refractivity contribution in [2.75, 3.05) is 11.4 Å². The average Bonchev–Trinajstić information content (AvgIpc) is 3.07. The lowest BCUT2D eigenvalue weighted by Crippen LogP contribution is -2.45. The van der Waals surface area contributed by atoms with Crippen LogP contribution in [0.5, 0.6) is 0 Å². The standard InChI is InChI=1S/C15H12ClNO4/c16-8-2-1-3-9(6-8)17-7-15-5-4-10(21-15)11(14(19)20)12(15)13(17)18/h1-6,10-12H,7H2,(H,19,20)/p-1/t10-,11-,12-,15-/m0/s1. The number of benzene rings is 1. The SMILES string of the molecule is O=C([O-])[C@H]1[C@@H]2C=C[C@@]3(CN(c4cccc(Cl)c4)C(=O)[C@H]13)O2. The van der Waals surface area contributed by atoms with Crippen molar-refractivity contribution in [1.29, 1.82) is 0 Å². The molecule has 0 N–H and O–H groups in total. The number of halogens is 1. The van der Waals surface area contributed by atoms with Crippen LogP contribution in [0, 0.1) is 11.8 Å². The molecule has 4 rings (SSSR count). The fourth-order valence-corrected chi connectivity index (χ4v) is 3.81. The van der Waals surface area contributed by atoms with Crippen molar-refractivity contribution in [3.05, 3.63) is 41.4 Å². The van der Waals surface area contributed by atoms with E-state index in [4.69, 9.17) is 16.3 Å². The Labute approximate surface area is 125 Å². The second-order valence-electron chi connectivity index (χ2n) is 5.62. The summed E-state index contributed by atoms with van der Waals surface area (Å²) in [4.78, 5) is 25.6. The first-order valence-electron chi connectivity index (χ1n) is 6.67. The first-order valence-corrected chi connectivity index (χ1v) is 7.05. The largest absolute Gasteiger partial charge is 0.550 e. The van der Waals surface area contributed by atoms with Crippen molar-refractivity contribution in [3.63, 3.8) is 0 Å². The number of carboxylic acid groups (broad SMARTS) is 1. The second-order valence-corrected chi connectivity index (χ2v) is 6.06. The van der Waals surface area contributed by atoms with Crippen molar-refractivity contribution < 1.29 is 19.4 Å². The van der Waals surface area contributed by atoms with Gasteiger partial charge in [0.15, 0.2) is 0 Å². The van der Waals surface area contributed by atoms with E-state index >= 15 is 0 Å². The quantitative estimate of drug-likeness (QED) is 0.741. The number of amides is 1. The van der Waals surface area contributed by atoms with Crippen LogP contribution in [0.3, 0.4) is 0 Å². The van der Waals surface area contributed by atoms with E-state index < -0.39 is 29.5 Å². The van der Waals surface area contributed by atoms with Gasteiger partial charge in [0, 0.05) is 22.6 Å². The highest BCUT2D eigenvalue weighted by Gasteiger charge is 2.65. The number of anilines is 1. The molecule has 1 aromatic carbocycles. The lowest BCUT2D eigenvalue weighted by molar-refractivity contribution is -0.313. The summed E-state index contributed by atoms with van der Waals surface area (Å²) in [6, 6.07) is 6.92.